The molecule has 0 saturated heterocycles. The summed E-state index contributed by atoms with van der Waals surface area (Å²) in [5.74, 6) is 0.764. The SMILES string of the molecule is COCCCNc1nn(C(C)C)cc1N.Cl. The molecule has 6 heteroatoms. The molecule has 0 aliphatic carbocycles. The largest absolute Gasteiger partial charge is 0.394 e. The monoisotopic (exact) mass is 248 g/mol. The lowest BCUT2D eigenvalue weighted by Gasteiger charge is -2.04. The van der Waals surface area contributed by atoms with Gasteiger partial charge in [-0.3, -0.25) is 4.68 Å². The van der Waals surface area contributed by atoms with Crippen LogP contribution in [0, 0.1) is 0 Å². The second-order valence-corrected chi connectivity index (χ2v) is 3.78. The predicted octanol–water partition coefficient (Wildman–Crippen LogP) is 1.92. The van der Waals surface area contributed by atoms with Gasteiger partial charge in [0.15, 0.2) is 5.82 Å². The molecule has 0 aliphatic heterocycles. The van der Waals surface area contributed by atoms with E-state index >= 15 is 0 Å². The van der Waals surface area contributed by atoms with Gasteiger partial charge in [-0.2, -0.15) is 5.10 Å². The Bertz CT molecular complexity index is 301. The van der Waals surface area contributed by atoms with Crippen LogP contribution in [-0.2, 0) is 4.74 Å². The second-order valence-electron chi connectivity index (χ2n) is 3.78. The first-order valence-electron chi connectivity index (χ1n) is 5.22. The Balaban J connectivity index is 0.00000225. The van der Waals surface area contributed by atoms with E-state index in [1.54, 1.807) is 7.11 Å². The number of methoxy groups -OCH3 is 1. The molecule has 0 aliphatic rings. The molecule has 0 amide bonds. The molecule has 1 aromatic heterocycles. The minimum Gasteiger partial charge on any atom is -0.394 e. The fourth-order valence-electron chi connectivity index (χ4n) is 1.23. The van der Waals surface area contributed by atoms with E-state index < -0.39 is 0 Å². The topological polar surface area (TPSA) is 65.1 Å². The minimum atomic E-state index is 0. The van der Waals surface area contributed by atoms with Crippen molar-refractivity contribution in [2.24, 2.45) is 0 Å². The first-order valence-corrected chi connectivity index (χ1v) is 5.22. The molecule has 0 radical (unpaired) electrons. The van der Waals surface area contributed by atoms with Gasteiger partial charge >= 0.3 is 0 Å². The summed E-state index contributed by atoms with van der Waals surface area (Å²) in [5, 5.41) is 7.53. The molecule has 0 atom stereocenters. The van der Waals surface area contributed by atoms with Crippen LogP contribution in [0.2, 0.25) is 0 Å². The first-order chi connectivity index (χ1) is 7.15. The lowest BCUT2D eigenvalue weighted by atomic mass is 10.4. The van der Waals surface area contributed by atoms with Crippen LogP contribution < -0.4 is 11.1 Å². The van der Waals surface area contributed by atoms with Crippen molar-refractivity contribution in [2.45, 2.75) is 26.3 Å². The standard InChI is InChI=1S/C10H20N4O.ClH/c1-8(2)14-7-9(11)10(13-14)12-5-4-6-15-3;/h7-8H,4-6,11H2,1-3H3,(H,12,13);1H. The van der Waals surface area contributed by atoms with E-state index in [0.29, 0.717) is 11.7 Å². The molecule has 1 heterocycles. The highest BCUT2D eigenvalue weighted by molar-refractivity contribution is 5.85. The van der Waals surface area contributed by atoms with Gasteiger partial charge in [-0.15, -0.1) is 12.4 Å². The maximum absolute atomic E-state index is 5.82. The summed E-state index contributed by atoms with van der Waals surface area (Å²) < 4.78 is 6.81. The summed E-state index contributed by atoms with van der Waals surface area (Å²) in [5.41, 5.74) is 6.51. The van der Waals surface area contributed by atoms with Crippen LogP contribution in [0.1, 0.15) is 26.3 Å². The average Bonchev–Trinajstić information content (AvgIpc) is 2.55. The van der Waals surface area contributed by atoms with Gasteiger partial charge in [0.1, 0.15) is 0 Å². The van der Waals surface area contributed by atoms with E-state index in [4.69, 9.17) is 10.5 Å². The fourth-order valence-corrected chi connectivity index (χ4v) is 1.23. The van der Waals surface area contributed by atoms with E-state index in [9.17, 15) is 0 Å². The molecule has 5 nitrogen and oxygen atoms in total. The van der Waals surface area contributed by atoms with Gasteiger partial charge in [0.05, 0.1) is 11.9 Å². The maximum Gasteiger partial charge on any atom is 0.171 e. The third-order valence-electron chi connectivity index (χ3n) is 2.11. The van der Waals surface area contributed by atoms with Gasteiger partial charge in [0.25, 0.3) is 0 Å². The molecule has 0 bridgehead atoms. The summed E-state index contributed by atoms with van der Waals surface area (Å²) in [6.45, 7) is 5.72. The van der Waals surface area contributed by atoms with Crippen LogP contribution in [0.4, 0.5) is 11.5 Å². The molecule has 0 fully saturated rings. The summed E-state index contributed by atoms with van der Waals surface area (Å²) in [6, 6.07) is 0.335. The summed E-state index contributed by atoms with van der Waals surface area (Å²) >= 11 is 0. The number of nitrogens with zero attached hydrogens (tertiary/aromatic N) is 2. The number of rotatable bonds is 6. The highest BCUT2D eigenvalue weighted by atomic mass is 35.5. The summed E-state index contributed by atoms with van der Waals surface area (Å²) in [4.78, 5) is 0. The molecule has 94 valence electrons. The molecular formula is C10H21ClN4O. The maximum atomic E-state index is 5.82. The van der Waals surface area contributed by atoms with Crippen LogP contribution in [0.15, 0.2) is 6.20 Å². The third kappa shape index (κ3) is 4.28. The van der Waals surface area contributed by atoms with Crippen molar-refractivity contribution in [3.63, 3.8) is 0 Å². The number of anilines is 2. The normalized spacial score (nSPS) is 10.2. The number of hydrogen-bond acceptors (Lipinski definition) is 4. The van der Waals surface area contributed by atoms with Gasteiger partial charge in [-0.05, 0) is 20.3 Å². The fraction of sp³-hybridized carbons (Fsp3) is 0.700. The zero-order chi connectivity index (χ0) is 11.3. The van der Waals surface area contributed by atoms with Gasteiger partial charge in [0, 0.05) is 26.3 Å². The highest BCUT2D eigenvalue weighted by Crippen LogP contribution is 2.17. The molecular weight excluding hydrogens is 228 g/mol. The van der Waals surface area contributed by atoms with Crippen LogP contribution in [0.25, 0.3) is 0 Å². The minimum absolute atomic E-state index is 0. The van der Waals surface area contributed by atoms with Crippen LogP contribution >= 0.6 is 12.4 Å². The number of nitrogen functional groups attached to an aromatic ring is 1. The molecule has 0 unspecified atom stereocenters. The Morgan fingerprint density at radius 3 is 2.75 bits per heavy atom. The quantitative estimate of drug-likeness (QED) is 0.755. The smallest absolute Gasteiger partial charge is 0.171 e. The van der Waals surface area contributed by atoms with Gasteiger partial charge in [-0.1, -0.05) is 0 Å². The highest BCUT2D eigenvalue weighted by Gasteiger charge is 2.06. The third-order valence-corrected chi connectivity index (χ3v) is 2.11. The number of aromatic nitrogens is 2. The van der Waals surface area contributed by atoms with Crippen molar-refractivity contribution in [1.82, 2.24) is 9.78 Å². The number of nitrogens with two attached hydrogens (primary N) is 1. The number of halogens is 1. The average molecular weight is 249 g/mol. The van der Waals surface area contributed by atoms with E-state index in [1.165, 1.54) is 0 Å². The van der Waals surface area contributed by atoms with Crippen molar-refractivity contribution in [3.8, 4) is 0 Å². The molecule has 1 aromatic rings. The van der Waals surface area contributed by atoms with E-state index in [0.717, 1.165) is 25.4 Å². The molecule has 0 saturated carbocycles. The molecule has 3 N–H and O–H groups in total. The Hall–Kier alpha value is -0.940. The second kappa shape index (κ2) is 7.35. The van der Waals surface area contributed by atoms with E-state index in [2.05, 4.69) is 24.3 Å². The van der Waals surface area contributed by atoms with Crippen LogP contribution in [0.3, 0.4) is 0 Å². The van der Waals surface area contributed by atoms with Crippen molar-refractivity contribution in [3.05, 3.63) is 6.20 Å². The molecule has 16 heavy (non-hydrogen) atoms. The van der Waals surface area contributed by atoms with E-state index in [-0.39, 0.29) is 12.4 Å². The van der Waals surface area contributed by atoms with Crippen molar-refractivity contribution in [2.75, 3.05) is 31.3 Å². The van der Waals surface area contributed by atoms with Crippen molar-refractivity contribution in [1.29, 1.82) is 0 Å². The van der Waals surface area contributed by atoms with Gasteiger partial charge < -0.3 is 15.8 Å². The molecule has 1 rings (SSSR count). The zero-order valence-corrected chi connectivity index (χ0v) is 10.9. The van der Waals surface area contributed by atoms with E-state index in [1.807, 2.05) is 10.9 Å². The lowest BCUT2D eigenvalue weighted by Crippen LogP contribution is -2.07. The Morgan fingerprint density at radius 2 is 2.25 bits per heavy atom. The molecule has 0 spiro atoms. The first kappa shape index (κ1) is 15.1. The summed E-state index contributed by atoms with van der Waals surface area (Å²) in [7, 11) is 1.70. The number of ether oxygens (including phenoxy) is 1. The Kier molecular flexibility index (Phi) is 6.92. The lowest BCUT2D eigenvalue weighted by molar-refractivity contribution is 0.197. The zero-order valence-electron chi connectivity index (χ0n) is 10.1. The predicted molar refractivity (Wildman–Crippen MR) is 69.3 cm³/mol. The number of hydrogen-bond donors (Lipinski definition) is 2. The van der Waals surface area contributed by atoms with Gasteiger partial charge in [-0.25, -0.2) is 0 Å². The Labute approximate surface area is 103 Å². The molecule has 0 aromatic carbocycles. The van der Waals surface area contributed by atoms with Gasteiger partial charge in [0.2, 0.25) is 0 Å². The van der Waals surface area contributed by atoms with Crippen molar-refractivity contribution >= 4 is 23.9 Å². The van der Waals surface area contributed by atoms with Crippen LogP contribution in [0.5, 0.6) is 0 Å². The Morgan fingerprint density at radius 1 is 1.56 bits per heavy atom. The van der Waals surface area contributed by atoms with Crippen LogP contribution in [-0.4, -0.2) is 30.0 Å². The van der Waals surface area contributed by atoms with Crippen molar-refractivity contribution < 1.29 is 4.74 Å². The summed E-state index contributed by atoms with van der Waals surface area (Å²) in [6.07, 6.45) is 2.80. The number of nitrogens with one attached hydrogen (secondary N) is 1.